The summed E-state index contributed by atoms with van der Waals surface area (Å²) in [6.07, 6.45) is 1.79. The lowest BCUT2D eigenvalue weighted by molar-refractivity contribution is 0.0928. The van der Waals surface area contributed by atoms with Gasteiger partial charge in [-0.1, -0.05) is 24.3 Å². The van der Waals surface area contributed by atoms with Crippen LogP contribution in [0, 0.1) is 12.7 Å². The molecule has 0 radical (unpaired) electrons. The van der Waals surface area contributed by atoms with Gasteiger partial charge in [-0.05, 0) is 30.7 Å². The van der Waals surface area contributed by atoms with Gasteiger partial charge in [-0.2, -0.15) is 0 Å². The van der Waals surface area contributed by atoms with E-state index >= 15 is 0 Å². The summed E-state index contributed by atoms with van der Waals surface area (Å²) in [5, 5.41) is 6.34. The van der Waals surface area contributed by atoms with Crippen molar-refractivity contribution in [1.82, 2.24) is 15.2 Å². The second-order valence-electron chi connectivity index (χ2n) is 6.15. The Balaban J connectivity index is 1.55. The van der Waals surface area contributed by atoms with Crippen molar-refractivity contribution < 1.29 is 14.0 Å². The number of aryl methyl sites for hydroxylation is 2. The first kappa shape index (κ1) is 17.7. The molecular formula is C20H20FN3O2. The molecule has 2 amide bonds. The maximum Gasteiger partial charge on any atom is 0.253 e. The van der Waals surface area contributed by atoms with E-state index in [0.29, 0.717) is 11.1 Å². The minimum Gasteiger partial charge on any atom is -0.350 e. The Morgan fingerprint density at radius 3 is 2.46 bits per heavy atom. The maximum absolute atomic E-state index is 13.5. The van der Waals surface area contributed by atoms with Gasteiger partial charge in [0.15, 0.2) is 0 Å². The van der Waals surface area contributed by atoms with Gasteiger partial charge in [0.2, 0.25) is 0 Å². The molecule has 3 rings (SSSR count). The number of carbonyl (C=O) groups is 2. The number of nitrogens with zero attached hydrogens (tertiary/aromatic N) is 1. The van der Waals surface area contributed by atoms with E-state index in [2.05, 4.69) is 10.6 Å². The molecule has 0 saturated carbocycles. The van der Waals surface area contributed by atoms with Crippen LogP contribution in [0.3, 0.4) is 0 Å². The number of hydrogen-bond acceptors (Lipinski definition) is 2. The highest BCUT2D eigenvalue weighted by atomic mass is 19.1. The van der Waals surface area contributed by atoms with Gasteiger partial charge in [0.05, 0.1) is 5.56 Å². The van der Waals surface area contributed by atoms with Crippen LogP contribution in [0.25, 0.3) is 10.9 Å². The van der Waals surface area contributed by atoms with Crippen LogP contribution in [0.1, 0.15) is 26.3 Å². The molecule has 2 N–H and O–H groups in total. The van der Waals surface area contributed by atoms with Crippen LogP contribution in [0.15, 0.2) is 48.7 Å². The average molecular weight is 353 g/mol. The Kier molecular flexibility index (Phi) is 5.02. The number of benzene rings is 2. The van der Waals surface area contributed by atoms with Crippen molar-refractivity contribution in [2.45, 2.75) is 6.92 Å². The number of fused-ring (bicyclic) bond motifs is 1. The summed E-state index contributed by atoms with van der Waals surface area (Å²) in [6, 6.07) is 12.0. The van der Waals surface area contributed by atoms with Gasteiger partial charge in [-0.3, -0.25) is 9.59 Å². The first-order valence-electron chi connectivity index (χ1n) is 8.34. The number of para-hydroxylation sites is 1. The predicted molar refractivity (Wildman–Crippen MR) is 98.7 cm³/mol. The largest absolute Gasteiger partial charge is 0.350 e. The van der Waals surface area contributed by atoms with Gasteiger partial charge < -0.3 is 15.2 Å². The van der Waals surface area contributed by atoms with E-state index < -0.39 is 5.82 Å². The Hall–Kier alpha value is -3.15. The highest BCUT2D eigenvalue weighted by Crippen LogP contribution is 2.19. The molecule has 0 aliphatic carbocycles. The van der Waals surface area contributed by atoms with E-state index in [0.717, 1.165) is 10.9 Å². The zero-order valence-corrected chi connectivity index (χ0v) is 14.7. The molecule has 2 aromatic carbocycles. The van der Waals surface area contributed by atoms with Crippen LogP contribution in [-0.2, 0) is 7.05 Å². The molecule has 0 fully saturated rings. The lowest BCUT2D eigenvalue weighted by Crippen LogP contribution is -2.34. The predicted octanol–water partition coefficient (Wildman–Crippen LogP) is 2.79. The fourth-order valence-corrected chi connectivity index (χ4v) is 2.81. The van der Waals surface area contributed by atoms with Gasteiger partial charge >= 0.3 is 0 Å². The van der Waals surface area contributed by atoms with E-state index in [1.807, 2.05) is 35.9 Å². The van der Waals surface area contributed by atoms with Crippen molar-refractivity contribution in [3.8, 4) is 0 Å². The Labute approximate surface area is 150 Å². The summed E-state index contributed by atoms with van der Waals surface area (Å²) in [7, 11) is 1.89. The summed E-state index contributed by atoms with van der Waals surface area (Å²) in [4.78, 5) is 24.4. The van der Waals surface area contributed by atoms with E-state index in [4.69, 9.17) is 0 Å². The fourth-order valence-electron chi connectivity index (χ4n) is 2.81. The lowest BCUT2D eigenvalue weighted by atomic mass is 10.1. The standard InChI is InChI=1S/C20H20FN3O2/c1-13-7-8-14(11-17(13)21)19(25)22-9-10-23-20(26)16-12-24(2)18-6-4-3-5-15(16)18/h3-8,11-12H,9-10H2,1-2H3,(H,22,25)(H,23,26). The molecule has 0 aliphatic rings. The van der Waals surface area contributed by atoms with Crippen LogP contribution >= 0.6 is 0 Å². The molecule has 0 atom stereocenters. The molecule has 0 spiro atoms. The smallest absolute Gasteiger partial charge is 0.253 e. The third-order valence-electron chi connectivity index (χ3n) is 4.27. The van der Waals surface area contributed by atoms with Crippen LogP contribution in [0.5, 0.6) is 0 Å². The summed E-state index contributed by atoms with van der Waals surface area (Å²) in [6.45, 7) is 2.17. The van der Waals surface area contributed by atoms with Gasteiger partial charge in [-0.25, -0.2) is 4.39 Å². The summed E-state index contributed by atoms with van der Waals surface area (Å²) in [5.74, 6) is -0.984. The number of rotatable bonds is 5. The number of carbonyl (C=O) groups excluding carboxylic acids is 2. The lowest BCUT2D eigenvalue weighted by Gasteiger charge is -2.07. The Morgan fingerprint density at radius 2 is 1.73 bits per heavy atom. The normalized spacial score (nSPS) is 10.7. The quantitative estimate of drug-likeness (QED) is 0.693. The number of halogens is 1. The van der Waals surface area contributed by atoms with Crippen LogP contribution in [0.2, 0.25) is 0 Å². The summed E-state index contributed by atoms with van der Waals surface area (Å²) >= 11 is 0. The van der Waals surface area contributed by atoms with Gasteiger partial charge in [0, 0.05) is 42.8 Å². The minimum absolute atomic E-state index is 0.197. The number of nitrogens with one attached hydrogen (secondary N) is 2. The van der Waals surface area contributed by atoms with Crippen molar-refractivity contribution in [3.63, 3.8) is 0 Å². The molecule has 1 heterocycles. The Bertz CT molecular complexity index is 978. The minimum atomic E-state index is -0.415. The third kappa shape index (κ3) is 3.59. The molecule has 0 saturated heterocycles. The van der Waals surface area contributed by atoms with E-state index in [1.165, 1.54) is 6.07 Å². The number of amides is 2. The molecule has 6 heteroatoms. The zero-order chi connectivity index (χ0) is 18.7. The molecule has 134 valence electrons. The van der Waals surface area contributed by atoms with Crippen LogP contribution < -0.4 is 10.6 Å². The third-order valence-corrected chi connectivity index (χ3v) is 4.27. The van der Waals surface area contributed by atoms with Crippen molar-refractivity contribution in [1.29, 1.82) is 0 Å². The molecule has 3 aromatic rings. The maximum atomic E-state index is 13.5. The van der Waals surface area contributed by atoms with Gasteiger partial charge in [0.25, 0.3) is 11.8 Å². The first-order valence-corrected chi connectivity index (χ1v) is 8.34. The van der Waals surface area contributed by atoms with E-state index in [9.17, 15) is 14.0 Å². The first-order chi connectivity index (χ1) is 12.5. The number of hydrogen-bond donors (Lipinski definition) is 2. The topological polar surface area (TPSA) is 63.1 Å². The number of aromatic nitrogens is 1. The van der Waals surface area contributed by atoms with Crippen molar-refractivity contribution in [3.05, 3.63) is 71.2 Å². The molecule has 5 nitrogen and oxygen atoms in total. The Morgan fingerprint density at radius 1 is 1.04 bits per heavy atom. The van der Waals surface area contributed by atoms with Crippen LogP contribution in [-0.4, -0.2) is 29.5 Å². The summed E-state index contributed by atoms with van der Waals surface area (Å²) < 4.78 is 15.4. The van der Waals surface area contributed by atoms with Gasteiger partial charge in [-0.15, -0.1) is 0 Å². The summed E-state index contributed by atoms with van der Waals surface area (Å²) in [5.41, 5.74) is 2.32. The molecule has 0 bridgehead atoms. The highest BCUT2D eigenvalue weighted by molar-refractivity contribution is 6.07. The van der Waals surface area contributed by atoms with Crippen LogP contribution in [0.4, 0.5) is 4.39 Å². The van der Waals surface area contributed by atoms with Crippen molar-refractivity contribution in [2.75, 3.05) is 13.1 Å². The van der Waals surface area contributed by atoms with Crippen molar-refractivity contribution in [2.24, 2.45) is 7.05 Å². The van der Waals surface area contributed by atoms with Gasteiger partial charge in [0.1, 0.15) is 5.82 Å². The SMILES string of the molecule is Cc1ccc(C(=O)NCCNC(=O)c2cn(C)c3ccccc23)cc1F. The average Bonchev–Trinajstić information content (AvgIpc) is 2.98. The second-order valence-corrected chi connectivity index (χ2v) is 6.15. The molecule has 26 heavy (non-hydrogen) atoms. The highest BCUT2D eigenvalue weighted by Gasteiger charge is 2.13. The zero-order valence-electron chi connectivity index (χ0n) is 14.7. The van der Waals surface area contributed by atoms with Crippen molar-refractivity contribution >= 4 is 22.7 Å². The van der Waals surface area contributed by atoms with E-state index in [-0.39, 0.29) is 30.5 Å². The molecule has 0 aliphatic heterocycles. The molecular weight excluding hydrogens is 333 g/mol. The fraction of sp³-hybridized carbons (Fsp3) is 0.200. The molecule has 1 aromatic heterocycles. The molecule has 0 unspecified atom stereocenters. The monoisotopic (exact) mass is 353 g/mol. The van der Waals surface area contributed by atoms with E-state index in [1.54, 1.807) is 25.3 Å². The second kappa shape index (κ2) is 7.39.